The van der Waals surface area contributed by atoms with E-state index in [1.807, 2.05) is 11.8 Å². The minimum Gasteiger partial charge on any atom is -0.398 e. The lowest BCUT2D eigenvalue weighted by atomic mass is 10.1. The predicted molar refractivity (Wildman–Crippen MR) is 71.1 cm³/mol. The Kier molecular flexibility index (Phi) is 3.87. The molecule has 0 saturated carbocycles. The van der Waals surface area contributed by atoms with Crippen LogP contribution in [0.15, 0.2) is 18.2 Å². The molecule has 7 heteroatoms. The minimum absolute atomic E-state index is 0.0327. The van der Waals surface area contributed by atoms with E-state index in [0.717, 1.165) is 0 Å². The fraction of sp³-hybridized carbons (Fsp3) is 0.500. The monoisotopic (exact) mass is 267 g/mol. The first-order chi connectivity index (χ1) is 8.99. The first-order valence-electron chi connectivity index (χ1n) is 6.06. The molecule has 0 bridgehead atoms. The van der Waals surface area contributed by atoms with Crippen molar-refractivity contribution in [3.63, 3.8) is 0 Å². The van der Waals surface area contributed by atoms with Gasteiger partial charge in [0.25, 0.3) is 5.69 Å². The fourth-order valence-electron chi connectivity index (χ4n) is 2.26. The van der Waals surface area contributed by atoms with Crippen molar-refractivity contribution in [2.75, 3.05) is 30.3 Å². The summed E-state index contributed by atoms with van der Waals surface area (Å²) in [5.74, 6) is 0. The third kappa shape index (κ3) is 3.12. The highest BCUT2D eigenvalue weighted by Crippen LogP contribution is 2.27. The Morgan fingerprint density at radius 3 is 2.89 bits per heavy atom. The van der Waals surface area contributed by atoms with Crippen LogP contribution in [-0.4, -0.2) is 41.9 Å². The number of non-ortho nitro benzene ring substituents is 1. The van der Waals surface area contributed by atoms with Crippen molar-refractivity contribution in [1.29, 1.82) is 0 Å². The molecule has 3 N–H and O–H groups in total. The maximum atomic E-state index is 10.8. The van der Waals surface area contributed by atoms with Crippen LogP contribution in [0.5, 0.6) is 0 Å². The van der Waals surface area contributed by atoms with Crippen LogP contribution in [0.3, 0.4) is 0 Å². The average molecular weight is 267 g/mol. The molecule has 0 aromatic heterocycles. The molecular formula is C12H17N3O4. The SMILES string of the molecule is CC1CN(c2cc(N)cc([N+](=O)[O-])c2)CC(CO)O1. The van der Waals surface area contributed by atoms with Gasteiger partial charge in [-0.2, -0.15) is 0 Å². The number of nitro groups is 1. The number of morpholine rings is 1. The number of hydrogen-bond acceptors (Lipinski definition) is 6. The van der Waals surface area contributed by atoms with E-state index in [1.54, 1.807) is 6.07 Å². The number of aliphatic hydroxyl groups is 1. The normalized spacial score (nSPS) is 23.4. The number of nitro benzene ring substituents is 1. The highest BCUT2D eigenvalue weighted by atomic mass is 16.6. The molecule has 1 fully saturated rings. The zero-order valence-electron chi connectivity index (χ0n) is 10.7. The third-order valence-electron chi connectivity index (χ3n) is 3.03. The van der Waals surface area contributed by atoms with Gasteiger partial charge >= 0.3 is 0 Å². The van der Waals surface area contributed by atoms with E-state index in [2.05, 4.69) is 0 Å². The molecule has 1 aliphatic heterocycles. The molecule has 2 rings (SSSR count). The molecule has 0 spiro atoms. The zero-order chi connectivity index (χ0) is 14.0. The standard InChI is InChI=1S/C12H17N3O4/c1-8-5-14(6-12(7-16)19-8)10-2-9(13)3-11(4-10)15(17)18/h2-4,8,12,16H,5-7,13H2,1H3. The summed E-state index contributed by atoms with van der Waals surface area (Å²) in [6.07, 6.45) is -0.337. The van der Waals surface area contributed by atoms with Gasteiger partial charge in [0, 0.05) is 36.6 Å². The van der Waals surface area contributed by atoms with Crippen molar-refractivity contribution in [1.82, 2.24) is 0 Å². The summed E-state index contributed by atoms with van der Waals surface area (Å²) in [5, 5.41) is 20.0. The minimum atomic E-state index is -0.465. The number of anilines is 2. The number of nitrogens with two attached hydrogens (primary N) is 1. The third-order valence-corrected chi connectivity index (χ3v) is 3.03. The lowest BCUT2D eigenvalue weighted by Crippen LogP contribution is -2.48. The molecule has 1 heterocycles. The van der Waals surface area contributed by atoms with E-state index >= 15 is 0 Å². The van der Waals surface area contributed by atoms with Crippen molar-refractivity contribution in [2.24, 2.45) is 0 Å². The predicted octanol–water partition coefficient (Wildman–Crippen LogP) is 0.763. The van der Waals surface area contributed by atoms with Crippen molar-refractivity contribution in [3.05, 3.63) is 28.3 Å². The molecule has 0 radical (unpaired) electrons. The molecule has 2 unspecified atom stereocenters. The Labute approximate surface area is 110 Å². The number of nitrogens with zero attached hydrogens (tertiary/aromatic N) is 2. The van der Waals surface area contributed by atoms with Gasteiger partial charge in [-0.05, 0) is 13.0 Å². The van der Waals surface area contributed by atoms with E-state index in [9.17, 15) is 15.2 Å². The maximum Gasteiger partial charge on any atom is 0.273 e. The highest BCUT2D eigenvalue weighted by Gasteiger charge is 2.26. The van der Waals surface area contributed by atoms with E-state index in [1.165, 1.54) is 12.1 Å². The number of aliphatic hydroxyl groups excluding tert-OH is 1. The second-order valence-electron chi connectivity index (χ2n) is 4.70. The van der Waals surface area contributed by atoms with Gasteiger partial charge in [-0.3, -0.25) is 10.1 Å². The molecule has 1 aromatic rings. The van der Waals surface area contributed by atoms with E-state index < -0.39 is 4.92 Å². The van der Waals surface area contributed by atoms with Crippen LogP contribution < -0.4 is 10.6 Å². The van der Waals surface area contributed by atoms with Crippen molar-refractivity contribution < 1.29 is 14.8 Å². The van der Waals surface area contributed by atoms with Gasteiger partial charge in [0.05, 0.1) is 23.7 Å². The number of benzene rings is 1. The quantitative estimate of drug-likeness (QED) is 0.476. The molecule has 19 heavy (non-hydrogen) atoms. The summed E-state index contributed by atoms with van der Waals surface area (Å²) in [6, 6.07) is 4.51. The molecule has 0 amide bonds. The van der Waals surface area contributed by atoms with Crippen LogP contribution in [-0.2, 0) is 4.74 Å². The second-order valence-corrected chi connectivity index (χ2v) is 4.70. The van der Waals surface area contributed by atoms with Gasteiger partial charge in [-0.1, -0.05) is 0 Å². The maximum absolute atomic E-state index is 10.8. The summed E-state index contributed by atoms with van der Waals surface area (Å²) >= 11 is 0. The Bertz CT molecular complexity index is 480. The Morgan fingerprint density at radius 1 is 1.53 bits per heavy atom. The Hall–Kier alpha value is -1.86. The average Bonchev–Trinajstić information content (AvgIpc) is 2.37. The van der Waals surface area contributed by atoms with Gasteiger partial charge in [0.2, 0.25) is 0 Å². The van der Waals surface area contributed by atoms with Crippen LogP contribution in [0.4, 0.5) is 17.1 Å². The van der Waals surface area contributed by atoms with Gasteiger partial charge < -0.3 is 20.5 Å². The number of rotatable bonds is 3. The lowest BCUT2D eigenvalue weighted by Gasteiger charge is -2.37. The largest absolute Gasteiger partial charge is 0.398 e. The molecule has 1 aliphatic rings. The molecule has 104 valence electrons. The zero-order valence-corrected chi connectivity index (χ0v) is 10.7. The molecule has 1 aromatic carbocycles. The van der Waals surface area contributed by atoms with Gasteiger partial charge in [-0.25, -0.2) is 0 Å². The fourth-order valence-corrected chi connectivity index (χ4v) is 2.26. The van der Waals surface area contributed by atoms with E-state index in [0.29, 0.717) is 24.5 Å². The topological polar surface area (TPSA) is 102 Å². The van der Waals surface area contributed by atoms with Crippen molar-refractivity contribution in [3.8, 4) is 0 Å². The smallest absolute Gasteiger partial charge is 0.273 e. The number of nitrogen functional groups attached to an aromatic ring is 1. The van der Waals surface area contributed by atoms with Gasteiger partial charge in [0.1, 0.15) is 0 Å². The summed E-state index contributed by atoms with van der Waals surface area (Å²) < 4.78 is 5.54. The van der Waals surface area contributed by atoms with Crippen LogP contribution in [0.2, 0.25) is 0 Å². The van der Waals surface area contributed by atoms with Crippen LogP contribution in [0, 0.1) is 10.1 Å². The molecule has 7 nitrogen and oxygen atoms in total. The molecule has 1 saturated heterocycles. The summed E-state index contributed by atoms with van der Waals surface area (Å²) in [7, 11) is 0. The first-order valence-corrected chi connectivity index (χ1v) is 6.06. The highest BCUT2D eigenvalue weighted by molar-refractivity contribution is 5.63. The van der Waals surface area contributed by atoms with Crippen molar-refractivity contribution >= 4 is 17.1 Å². The number of ether oxygens (including phenoxy) is 1. The first kappa shape index (κ1) is 13.6. The van der Waals surface area contributed by atoms with Crippen molar-refractivity contribution in [2.45, 2.75) is 19.1 Å². The van der Waals surface area contributed by atoms with Crippen LogP contribution in [0.1, 0.15) is 6.92 Å². The van der Waals surface area contributed by atoms with Gasteiger partial charge in [0.15, 0.2) is 0 Å². The van der Waals surface area contributed by atoms with Gasteiger partial charge in [-0.15, -0.1) is 0 Å². The Morgan fingerprint density at radius 2 is 2.26 bits per heavy atom. The van der Waals surface area contributed by atoms with Crippen LogP contribution >= 0.6 is 0 Å². The number of hydrogen-bond donors (Lipinski definition) is 2. The molecule has 2 atom stereocenters. The lowest BCUT2D eigenvalue weighted by molar-refractivity contribution is -0.384. The summed E-state index contributed by atoms with van der Waals surface area (Å²) in [6.45, 7) is 2.92. The van der Waals surface area contributed by atoms with E-state index in [4.69, 9.17) is 10.5 Å². The second kappa shape index (κ2) is 5.41. The molecule has 0 aliphatic carbocycles. The summed E-state index contributed by atoms with van der Waals surface area (Å²) in [5.41, 5.74) is 6.69. The van der Waals surface area contributed by atoms with Crippen LogP contribution in [0.25, 0.3) is 0 Å². The van der Waals surface area contributed by atoms with E-state index in [-0.39, 0.29) is 24.5 Å². The summed E-state index contributed by atoms with van der Waals surface area (Å²) in [4.78, 5) is 12.3. The Balaban J connectivity index is 2.27. The molecular weight excluding hydrogens is 250 g/mol.